The summed E-state index contributed by atoms with van der Waals surface area (Å²) in [6.07, 6.45) is -7.74. The molecular formula is C23H22F6N6O4. The number of nitrogens with zero attached hydrogens (tertiary/aromatic N) is 4. The van der Waals surface area contributed by atoms with Crippen LogP contribution in [0, 0.1) is 12.8 Å². The molecule has 16 heteroatoms. The second-order valence-electron chi connectivity index (χ2n) is 8.59. The first kappa shape index (κ1) is 29.2. The number of piperidine rings is 1. The molecule has 4 rings (SSSR count). The van der Waals surface area contributed by atoms with Crippen molar-refractivity contribution in [2.45, 2.75) is 31.6 Å². The van der Waals surface area contributed by atoms with Crippen molar-refractivity contribution in [2.24, 2.45) is 5.92 Å². The molecule has 4 N–H and O–H groups in total. The Balaban J connectivity index is 0.000000532. The van der Waals surface area contributed by atoms with Gasteiger partial charge < -0.3 is 20.4 Å². The Morgan fingerprint density at radius 1 is 1.05 bits per heavy atom. The maximum atomic E-state index is 13.2. The van der Waals surface area contributed by atoms with E-state index in [1.807, 2.05) is 0 Å². The van der Waals surface area contributed by atoms with Crippen LogP contribution < -0.4 is 10.2 Å². The summed E-state index contributed by atoms with van der Waals surface area (Å²) >= 11 is 0. The minimum absolute atomic E-state index is 0.164. The predicted molar refractivity (Wildman–Crippen MR) is 124 cm³/mol. The van der Waals surface area contributed by atoms with E-state index in [-0.39, 0.29) is 13.0 Å². The number of hydrogen-bond donors (Lipinski definition) is 4. The molecule has 3 aromatic rings. The van der Waals surface area contributed by atoms with Gasteiger partial charge in [-0.2, -0.15) is 36.4 Å². The summed E-state index contributed by atoms with van der Waals surface area (Å²) in [4.78, 5) is 31.4. The Kier molecular flexibility index (Phi) is 8.66. The molecule has 2 aromatic heterocycles. The van der Waals surface area contributed by atoms with Gasteiger partial charge in [0.25, 0.3) is 0 Å². The van der Waals surface area contributed by atoms with Crippen LogP contribution in [-0.4, -0.2) is 61.6 Å². The molecule has 1 saturated heterocycles. The zero-order chi connectivity index (χ0) is 29.0. The third-order valence-corrected chi connectivity index (χ3v) is 5.62. The van der Waals surface area contributed by atoms with E-state index in [0.717, 1.165) is 12.1 Å². The van der Waals surface area contributed by atoms with Crippen LogP contribution in [0.3, 0.4) is 0 Å². The second-order valence-corrected chi connectivity index (χ2v) is 8.59. The van der Waals surface area contributed by atoms with Crippen LogP contribution in [0.15, 0.2) is 42.6 Å². The SMILES string of the molecule is Cc1cc(Nc2ccn[nH]2)nc(N2C[C@@H](C(=O)O)C[C@@H](c3cccc(C(F)(F)F)c3)C2)n1.O=C(O)C(F)(F)F. The maximum Gasteiger partial charge on any atom is 0.490 e. The first-order chi connectivity index (χ1) is 18.1. The van der Waals surface area contributed by atoms with Crippen LogP contribution in [0.1, 0.15) is 29.2 Å². The molecule has 3 heterocycles. The number of rotatable bonds is 5. The standard InChI is InChI=1S/C21H21F3N6O2.C2HF3O2/c1-12-7-18(27-17-5-6-25-29-17)28-20(26-12)30-10-14(8-15(11-30)19(31)32)13-3-2-4-16(9-13)21(22,23)24;3-2(4,5)1(6)7/h2-7,9,14-15H,8,10-11H2,1H3,(H,31,32)(H2,25,26,27,28,29);(H,6,7)/t14-,15+;/m1./s1. The number of H-pyrrole nitrogens is 1. The summed E-state index contributed by atoms with van der Waals surface area (Å²) in [6.45, 7) is 2.25. The van der Waals surface area contributed by atoms with E-state index in [9.17, 15) is 36.2 Å². The second kappa shape index (κ2) is 11.6. The zero-order valence-electron chi connectivity index (χ0n) is 20.1. The summed E-state index contributed by atoms with van der Waals surface area (Å²) in [7, 11) is 0. The number of aliphatic carboxylic acids is 2. The molecule has 0 saturated carbocycles. The van der Waals surface area contributed by atoms with Gasteiger partial charge in [0.2, 0.25) is 5.95 Å². The lowest BCUT2D eigenvalue weighted by Gasteiger charge is -2.36. The van der Waals surface area contributed by atoms with Gasteiger partial charge in [-0.15, -0.1) is 0 Å². The van der Waals surface area contributed by atoms with E-state index in [1.165, 1.54) is 6.07 Å². The van der Waals surface area contributed by atoms with Crippen molar-refractivity contribution >= 4 is 29.5 Å². The van der Waals surface area contributed by atoms with Crippen LogP contribution in [0.25, 0.3) is 0 Å². The van der Waals surface area contributed by atoms with Gasteiger partial charge in [0, 0.05) is 36.8 Å². The van der Waals surface area contributed by atoms with E-state index in [0.29, 0.717) is 35.4 Å². The minimum atomic E-state index is -5.08. The van der Waals surface area contributed by atoms with Crippen LogP contribution in [0.4, 0.5) is 43.9 Å². The van der Waals surface area contributed by atoms with Crippen molar-refractivity contribution in [1.82, 2.24) is 20.2 Å². The fourth-order valence-electron chi connectivity index (χ4n) is 3.87. The van der Waals surface area contributed by atoms with Crippen LogP contribution in [0.2, 0.25) is 0 Å². The number of carboxylic acids is 2. The average Bonchev–Trinajstić information content (AvgIpc) is 3.36. The van der Waals surface area contributed by atoms with Crippen molar-refractivity contribution in [3.63, 3.8) is 0 Å². The van der Waals surface area contributed by atoms with Crippen molar-refractivity contribution in [3.8, 4) is 0 Å². The van der Waals surface area contributed by atoms with Crippen molar-refractivity contribution in [3.05, 3.63) is 59.4 Å². The number of hydrogen-bond acceptors (Lipinski definition) is 7. The lowest BCUT2D eigenvalue weighted by Crippen LogP contribution is -2.43. The summed E-state index contributed by atoms with van der Waals surface area (Å²) in [5.41, 5.74) is 0.348. The molecule has 0 spiro atoms. The summed E-state index contributed by atoms with van der Waals surface area (Å²) in [5.74, 6) is -3.52. The minimum Gasteiger partial charge on any atom is -0.481 e. The number of aromatic nitrogens is 4. The molecule has 0 bridgehead atoms. The fraction of sp³-hybridized carbons (Fsp3) is 0.348. The Bertz CT molecular complexity index is 1300. The van der Waals surface area contributed by atoms with Crippen LogP contribution in [0.5, 0.6) is 0 Å². The van der Waals surface area contributed by atoms with E-state index < -0.39 is 41.7 Å². The molecule has 0 radical (unpaired) electrons. The Morgan fingerprint density at radius 2 is 1.74 bits per heavy atom. The molecule has 2 atom stereocenters. The number of alkyl halides is 6. The number of carbonyl (C=O) groups is 2. The molecule has 39 heavy (non-hydrogen) atoms. The van der Waals surface area contributed by atoms with Gasteiger partial charge in [0.05, 0.1) is 17.7 Å². The molecule has 0 amide bonds. The van der Waals surface area contributed by atoms with E-state index >= 15 is 0 Å². The largest absolute Gasteiger partial charge is 0.490 e. The Labute approximate surface area is 216 Å². The highest BCUT2D eigenvalue weighted by Gasteiger charge is 2.38. The lowest BCUT2D eigenvalue weighted by atomic mass is 9.84. The number of aromatic amines is 1. The molecule has 1 aromatic carbocycles. The molecule has 1 fully saturated rings. The molecule has 10 nitrogen and oxygen atoms in total. The first-order valence-corrected chi connectivity index (χ1v) is 11.2. The highest BCUT2D eigenvalue weighted by Crippen LogP contribution is 2.36. The monoisotopic (exact) mass is 560 g/mol. The van der Waals surface area contributed by atoms with Crippen LogP contribution >= 0.6 is 0 Å². The molecule has 0 unspecified atom stereocenters. The van der Waals surface area contributed by atoms with Gasteiger partial charge in [0.15, 0.2) is 0 Å². The smallest absolute Gasteiger partial charge is 0.481 e. The predicted octanol–water partition coefficient (Wildman–Crippen LogP) is 4.60. The van der Waals surface area contributed by atoms with E-state index in [4.69, 9.17) is 9.90 Å². The van der Waals surface area contributed by atoms with Crippen molar-refractivity contribution in [1.29, 1.82) is 0 Å². The molecule has 210 valence electrons. The normalized spacial score (nSPS) is 17.7. The molecule has 0 aliphatic carbocycles. The number of nitrogens with one attached hydrogen (secondary N) is 2. The first-order valence-electron chi connectivity index (χ1n) is 11.2. The third kappa shape index (κ3) is 8.05. The average molecular weight is 560 g/mol. The molecule has 1 aliphatic heterocycles. The topological polar surface area (TPSA) is 144 Å². The molecule has 1 aliphatic rings. The third-order valence-electron chi connectivity index (χ3n) is 5.62. The Hall–Kier alpha value is -4.37. The highest BCUT2D eigenvalue weighted by atomic mass is 19.4. The quantitative estimate of drug-likeness (QED) is 0.329. The van der Waals surface area contributed by atoms with Gasteiger partial charge in [0.1, 0.15) is 11.6 Å². The van der Waals surface area contributed by atoms with Crippen molar-refractivity contribution in [2.75, 3.05) is 23.3 Å². The number of anilines is 3. The van der Waals surface area contributed by atoms with E-state index in [2.05, 4.69) is 25.5 Å². The summed E-state index contributed by atoms with van der Waals surface area (Å²) in [5, 5.41) is 26.5. The Morgan fingerprint density at radius 3 is 2.31 bits per heavy atom. The van der Waals surface area contributed by atoms with E-state index in [1.54, 1.807) is 36.2 Å². The highest BCUT2D eigenvalue weighted by molar-refractivity contribution is 5.73. The fourth-order valence-corrected chi connectivity index (χ4v) is 3.87. The zero-order valence-corrected chi connectivity index (χ0v) is 20.1. The lowest BCUT2D eigenvalue weighted by molar-refractivity contribution is -0.192. The number of aryl methyl sites for hydroxylation is 1. The summed E-state index contributed by atoms with van der Waals surface area (Å²) in [6, 6.07) is 8.51. The van der Waals surface area contributed by atoms with Gasteiger partial charge >= 0.3 is 24.3 Å². The number of benzene rings is 1. The maximum absolute atomic E-state index is 13.2. The van der Waals surface area contributed by atoms with Gasteiger partial charge in [-0.25, -0.2) is 9.78 Å². The van der Waals surface area contributed by atoms with Gasteiger partial charge in [-0.05, 0) is 25.0 Å². The van der Waals surface area contributed by atoms with Gasteiger partial charge in [-0.3, -0.25) is 9.89 Å². The summed E-state index contributed by atoms with van der Waals surface area (Å²) < 4.78 is 71.3. The van der Waals surface area contributed by atoms with Gasteiger partial charge in [-0.1, -0.05) is 18.2 Å². The van der Waals surface area contributed by atoms with Crippen LogP contribution in [-0.2, 0) is 15.8 Å². The number of carboxylic acid groups (broad SMARTS) is 2. The number of halogens is 6. The molecular weight excluding hydrogens is 538 g/mol. The van der Waals surface area contributed by atoms with Crippen molar-refractivity contribution < 1.29 is 46.1 Å².